The van der Waals surface area contributed by atoms with Gasteiger partial charge in [-0.15, -0.1) is 0 Å². The molecule has 228 valence electrons. The molecule has 0 amide bonds. The van der Waals surface area contributed by atoms with Gasteiger partial charge < -0.3 is 64.2 Å². The number of benzene rings is 2. The maximum Gasteiger partial charge on any atom is 0.229 e. The first-order chi connectivity index (χ1) is 20.0. The molecule has 5 rings (SSSR count). The van der Waals surface area contributed by atoms with Crippen LogP contribution < -0.4 is 14.9 Å². The molecule has 2 fully saturated rings. The molecule has 3 aromatic rings. The number of aromatic hydroxyl groups is 1. The molecular weight excluding hydrogens is 560 g/mol. The molecule has 2 saturated heterocycles. The number of aliphatic hydroxyl groups excluding tert-OH is 7. The molecule has 10 atom stereocenters. The van der Waals surface area contributed by atoms with E-state index < -0.39 is 79.0 Å². The van der Waals surface area contributed by atoms with Crippen LogP contribution in [0.5, 0.6) is 17.2 Å². The summed E-state index contributed by atoms with van der Waals surface area (Å²) in [5.41, 5.74) is -0.465. The van der Waals surface area contributed by atoms with Crippen molar-refractivity contribution in [2.45, 2.75) is 68.1 Å². The molecule has 0 radical (unpaired) electrons. The van der Waals surface area contributed by atoms with Gasteiger partial charge in [0.2, 0.25) is 6.29 Å². The van der Waals surface area contributed by atoms with Crippen molar-refractivity contribution in [1.29, 1.82) is 0 Å². The van der Waals surface area contributed by atoms with Gasteiger partial charge in [0.25, 0.3) is 0 Å². The number of ether oxygens (including phenoxy) is 4. The normalized spacial score (nSPS) is 33.5. The highest BCUT2D eigenvalue weighted by Gasteiger charge is 2.46. The summed E-state index contributed by atoms with van der Waals surface area (Å²) in [6.07, 6.45) is -14.1. The molecule has 4 unspecified atom stereocenters. The summed E-state index contributed by atoms with van der Waals surface area (Å²) in [6, 6.07) is 8.58. The lowest BCUT2D eigenvalue weighted by atomic mass is 9.89. The van der Waals surface area contributed by atoms with Gasteiger partial charge in [-0.3, -0.25) is 4.79 Å². The summed E-state index contributed by atoms with van der Waals surface area (Å²) in [6.45, 7) is 0.840. The molecule has 2 aliphatic heterocycles. The largest absolute Gasteiger partial charge is 0.506 e. The molecule has 0 spiro atoms. The molecule has 14 nitrogen and oxygen atoms in total. The lowest BCUT2D eigenvalue weighted by molar-refractivity contribution is -0.268. The lowest BCUT2D eigenvalue weighted by Crippen LogP contribution is -2.58. The van der Waals surface area contributed by atoms with Crippen LogP contribution in [0.15, 0.2) is 45.6 Å². The monoisotopic (exact) mass is 592 g/mol. The van der Waals surface area contributed by atoms with E-state index in [0.29, 0.717) is 5.56 Å². The van der Waals surface area contributed by atoms with Crippen molar-refractivity contribution in [3.8, 4) is 28.6 Å². The standard InChI is InChI=1S/C28H32O14/c1-10-20(31)23(34)26(37)28(39-10)40-12-5-3-11(4-6-12)14-7-13(30)18-16(41-14)8-15(38-2)19(22(18)33)27-25(36)24(35)21(32)17(9-29)42-27/h3-8,10,17,20-21,23-29,31-37H,9H2,1-2H3/t10-,17?,20+,21-,23?,24+,25?,26?,27+,28+/m1/s1. The number of aliphatic hydroxyl groups is 7. The minimum atomic E-state index is -1.73. The van der Waals surface area contributed by atoms with E-state index in [1.807, 2.05) is 0 Å². The van der Waals surface area contributed by atoms with Gasteiger partial charge in [0.15, 0.2) is 5.43 Å². The van der Waals surface area contributed by atoms with Gasteiger partial charge in [0.05, 0.1) is 25.4 Å². The summed E-state index contributed by atoms with van der Waals surface area (Å²) >= 11 is 0. The van der Waals surface area contributed by atoms with Crippen LogP contribution in [0, 0.1) is 0 Å². The topological polar surface area (TPSA) is 229 Å². The van der Waals surface area contributed by atoms with E-state index in [-0.39, 0.29) is 33.8 Å². The van der Waals surface area contributed by atoms with E-state index in [0.717, 1.165) is 6.07 Å². The van der Waals surface area contributed by atoms with Crippen LogP contribution >= 0.6 is 0 Å². The Morgan fingerprint density at radius 1 is 0.857 bits per heavy atom. The van der Waals surface area contributed by atoms with E-state index >= 15 is 0 Å². The molecule has 0 bridgehead atoms. The maximum atomic E-state index is 13.2. The number of hydrogen-bond acceptors (Lipinski definition) is 14. The van der Waals surface area contributed by atoms with Gasteiger partial charge in [-0.25, -0.2) is 0 Å². The quantitative estimate of drug-likeness (QED) is 0.170. The fraction of sp³-hybridized carbons (Fsp3) is 0.464. The van der Waals surface area contributed by atoms with Crippen molar-refractivity contribution >= 4 is 11.0 Å². The van der Waals surface area contributed by atoms with Crippen molar-refractivity contribution in [3.05, 3.63) is 52.2 Å². The van der Waals surface area contributed by atoms with Crippen LogP contribution in [0.4, 0.5) is 0 Å². The average Bonchev–Trinajstić information content (AvgIpc) is 2.98. The molecule has 1 aromatic heterocycles. The van der Waals surface area contributed by atoms with E-state index in [9.17, 15) is 45.6 Å². The van der Waals surface area contributed by atoms with Gasteiger partial charge in [-0.2, -0.15) is 0 Å². The second-order valence-corrected chi connectivity index (χ2v) is 10.3. The number of fused-ring (bicyclic) bond motifs is 1. The van der Waals surface area contributed by atoms with Crippen molar-refractivity contribution in [1.82, 2.24) is 0 Å². The van der Waals surface area contributed by atoms with Crippen molar-refractivity contribution in [2.75, 3.05) is 13.7 Å². The minimum absolute atomic E-state index is 0.0547. The van der Waals surface area contributed by atoms with Gasteiger partial charge in [0, 0.05) is 17.7 Å². The highest BCUT2D eigenvalue weighted by atomic mass is 16.7. The number of hydrogen-bond donors (Lipinski definition) is 8. The molecule has 0 saturated carbocycles. The number of phenols is 1. The van der Waals surface area contributed by atoms with Crippen LogP contribution in [-0.4, -0.2) is 110 Å². The number of rotatable bonds is 6. The molecule has 2 aliphatic rings. The first-order valence-electron chi connectivity index (χ1n) is 13.1. The highest BCUT2D eigenvalue weighted by molar-refractivity contribution is 5.88. The molecule has 2 aromatic carbocycles. The zero-order valence-corrected chi connectivity index (χ0v) is 22.5. The summed E-state index contributed by atoms with van der Waals surface area (Å²) in [7, 11) is 1.27. The Morgan fingerprint density at radius 3 is 2.17 bits per heavy atom. The third kappa shape index (κ3) is 5.21. The van der Waals surface area contributed by atoms with Gasteiger partial charge in [-0.05, 0) is 31.2 Å². The van der Waals surface area contributed by atoms with Gasteiger partial charge in [-0.1, -0.05) is 0 Å². The minimum Gasteiger partial charge on any atom is -0.506 e. The molecule has 3 heterocycles. The van der Waals surface area contributed by atoms with Gasteiger partial charge in [0.1, 0.15) is 82.8 Å². The Morgan fingerprint density at radius 2 is 1.52 bits per heavy atom. The molecule has 14 heteroatoms. The summed E-state index contributed by atoms with van der Waals surface area (Å²) in [5, 5.41) is 81.4. The number of methoxy groups -OCH3 is 1. The maximum absolute atomic E-state index is 13.2. The van der Waals surface area contributed by atoms with Crippen molar-refractivity contribution in [3.63, 3.8) is 0 Å². The number of phenolic OH excluding ortho intramolecular Hbond substituents is 1. The first kappa shape index (κ1) is 30.2. The summed E-state index contributed by atoms with van der Waals surface area (Å²) in [5.74, 6) is -0.321. The zero-order chi connectivity index (χ0) is 30.5. The third-order valence-electron chi connectivity index (χ3n) is 7.59. The Hall–Kier alpha value is -3.31. The second-order valence-electron chi connectivity index (χ2n) is 10.3. The zero-order valence-electron chi connectivity index (χ0n) is 22.5. The summed E-state index contributed by atoms with van der Waals surface area (Å²) < 4.78 is 27.9. The molecule has 8 N–H and O–H groups in total. The van der Waals surface area contributed by atoms with Crippen LogP contribution in [-0.2, 0) is 9.47 Å². The molecule has 42 heavy (non-hydrogen) atoms. The van der Waals surface area contributed by atoms with Gasteiger partial charge >= 0.3 is 0 Å². The van der Waals surface area contributed by atoms with Crippen molar-refractivity contribution in [2.24, 2.45) is 0 Å². The predicted molar refractivity (Wildman–Crippen MR) is 142 cm³/mol. The Labute approximate surface area is 238 Å². The fourth-order valence-electron chi connectivity index (χ4n) is 5.16. The summed E-state index contributed by atoms with van der Waals surface area (Å²) in [4.78, 5) is 13.2. The predicted octanol–water partition coefficient (Wildman–Crippen LogP) is -1.10. The van der Waals surface area contributed by atoms with Crippen LogP contribution in [0.2, 0.25) is 0 Å². The van der Waals surface area contributed by atoms with Crippen molar-refractivity contribution < 1.29 is 64.2 Å². The van der Waals surface area contributed by atoms with Crippen LogP contribution in [0.3, 0.4) is 0 Å². The molecule has 0 aliphatic carbocycles. The Bertz CT molecular complexity index is 1470. The van der Waals surface area contributed by atoms with Crippen LogP contribution in [0.1, 0.15) is 18.6 Å². The fourth-order valence-corrected chi connectivity index (χ4v) is 5.16. The Balaban J connectivity index is 1.46. The van der Waals surface area contributed by atoms with E-state index in [2.05, 4.69) is 0 Å². The third-order valence-corrected chi connectivity index (χ3v) is 7.59. The first-order valence-corrected chi connectivity index (χ1v) is 13.1. The van der Waals surface area contributed by atoms with E-state index in [1.165, 1.54) is 32.2 Å². The molecular formula is C28H32O14. The smallest absolute Gasteiger partial charge is 0.229 e. The van der Waals surface area contributed by atoms with E-state index in [4.69, 9.17) is 23.4 Å². The Kier molecular flexibility index (Phi) is 8.44. The van der Waals surface area contributed by atoms with Crippen LogP contribution in [0.25, 0.3) is 22.3 Å². The SMILES string of the molecule is COc1cc2oc(-c3ccc(O[C@@H]4O[C@H](C)[C@H](O)C(O)C4O)cc3)cc(=O)c2c(O)c1[C@@H]1OC(CO)[C@@H](O)[C@H](O)C1O. The lowest BCUT2D eigenvalue weighted by Gasteiger charge is -2.40. The van der Waals surface area contributed by atoms with E-state index in [1.54, 1.807) is 12.1 Å². The average molecular weight is 593 g/mol. The second kappa shape index (κ2) is 11.8. The highest BCUT2D eigenvalue weighted by Crippen LogP contribution is 2.45.